The standard InChI is InChI=1S/C16H20N2O2S/c1-12-10-20-14(9-19)7-18(12)8-16-17-15(11-21-16)13-5-3-2-4-6-13/h2-6,11-12,14,19H,7-10H2,1H3. The van der Waals surface area contributed by atoms with E-state index >= 15 is 0 Å². The molecule has 1 N–H and O–H groups in total. The van der Waals surface area contributed by atoms with Crippen LogP contribution in [-0.4, -0.2) is 46.9 Å². The smallest absolute Gasteiger partial charge is 0.107 e. The van der Waals surface area contributed by atoms with E-state index in [-0.39, 0.29) is 12.7 Å². The molecule has 0 aliphatic carbocycles. The highest BCUT2D eigenvalue weighted by Crippen LogP contribution is 2.23. The number of aliphatic hydroxyl groups excluding tert-OH is 1. The highest BCUT2D eigenvalue weighted by atomic mass is 32.1. The van der Waals surface area contributed by atoms with Gasteiger partial charge < -0.3 is 9.84 Å². The van der Waals surface area contributed by atoms with Crippen LogP contribution in [0, 0.1) is 0 Å². The van der Waals surface area contributed by atoms with Crippen molar-refractivity contribution in [1.82, 2.24) is 9.88 Å². The number of hydrogen-bond donors (Lipinski definition) is 1. The van der Waals surface area contributed by atoms with Gasteiger partial charge in [0.05, 0.1) is 31.6 Å². The molecular weight excluding hydrogens is 284 g/mol. The molecule has 1 fully saturated rings. The zero-order valence-electron chi connectivity index (χ0n) is 12.1. The lowest BCUT2D eigenvalue weighted by molar-refractivity contribution is -0.0805. The predicted molar refractivity (Wildman–Crippen MR) is 84.2 cm³/mol. The van der Waals surface area contributed by atoms with Crippen LogP contribution >= 0.6 is 11.3 Å². The van der Waals surface area contributed by atoms with Crippen LogP contribution in [0.5, 0.6) is 0 Å². The Bertz CT molecular complexity index is 573. The number of hydrogen-bond acceptors (Lipinski definition) is 5. The number of benzene rings is 1. The molecule has 2 atom stereocenters. The molecule has 3 rings (SSSR count). The first-order valence-electron chi connectivity index (χ1n) is 7.22. The molecule has 2 unspecified atom stereocenters. The molecule has 0 amide bonds. The van der Waals surface area contributed by atoms with Gasteiger partial charge >= 0.3 is 0 Å². The molecule has 1 aliphatic rings. The van der Waals surface area contributed by atoms with Crippen molar-refractivity contribution in [2.45, 2.75) is 25.6 Å². The summed E-state index contributed by atoms with van der Waals surface area (Å²) in [5, 5.41) is 12.5. The minimum absolute atomic E-state index is 0.0743. The van der Waals surface area contributed by atoms with Gasteiger partial charge in [-0.2, -0.15) is 0 Å². The van der Waals surface area contributed by atoms with Gasteiger partial charge in [-0.05, 0) is 6.92 Å². The Labute approximate surface area is 129 Å². The first-order chi connectivity index (χ1) is 10.3. The lowest BCUT2D eigenvalue weighted by Crippen LogP contribution is -2.48. The van der Waals surface area contributed by atoms with Gasteiger partial charge in [-0.25, -0.2) is 4.98 Å². The van der Waals surface area contributed by atoms with Crippen molar-refractivity contribution in [2.75, 3.05) is 19.8 Å². The third-order valence-corrected chi connectivity index (χ3v) is 4.63. The van der Waals surface area contributed by atoms with E-state index in [2.05, 4.69) is 29.3 Å². The van der Waals surface area contributed by atoms with Gasteiger partial charge in [0.25, 0.3) is 0 Å². The zero-order chi connectivity index (χ0) is 14.7. The summed E-state index contributed by atoms with van der Waals surface area (Å²) >= 11 is 1.69. The van der Waals surface area contributed by atoms with E-state index in [1.54, 1.807) is 11.3 Å². The highest BCUT2D eigenvalue weighted by Gasteiger charge is 2.26. The number of rotatable bonds is 4. The molecule has 5 heteroatoms. The monoisotopic (exact) mass is 304 g/mol. The summed E-state index contributed by atoms with van der Waals surface area (Å²) in [6, 6.07) is 10.6. The van der Waals surface area contributed by atoms with Crippen molar-refractivity contribution in [3.05, 3.63) is 40.7 Å². The van der Waals surface area contributed by atoms with Gasteiger partial charge in [-0.1, -0.05) is 30.3 Å². The van der Waals surface area contributed by atoms with Crippen molar-refractivity contribution in [1.29, 1.82) is 0 Å². The van der Waals surface area contributed by atoms with E-state index in [1.165, 1.54) is 0 Å². The Balaban J connectivity index is 1.69. The first-order valence-corrected chi connectivity index (χ1v) is 8.10. The van der Waals surface area contributed by atoms with E-state index in [0.717, 1.165) is 29.4 Å². The van der Waals surface area contributed by atoms with Crippen molar-refractivity contribution in [2.24, 2.45) is 0 Å². The van der Waals surface area contributed by atoms with Crippen LogP contribution in [0.3, 0.4) is 0 Å². The van der Waals surface area contributed by atoms with Crippen LogP contribution in [0.25, 0.3) is 11.3 Å². The predicted octanol–water partition coefficient (Wildman–Crippen LogP) is 2.39. The Hall–Kier alpha value is -1.27. The fourth-order valence-corrected chi connectivity index (χ4v) is 3.33. The summed E-state index contributed by atoms with van der Waals surface area (Å²) < 4.78 is 5.57. The maximum Gasteiger partial charge on any atom is 0.107 e. The Kier molecular flexibility index (Phi) is 4.65. The third-order valence-electron chi connectivity index (χ3n) is 3.80. The second-order valence-electron chi connectivity index (χ2n) is 5.41. The van der Waals surface area contributed by atoms with Gasteiger partial charge in [0.1, 0.15) is 5.01 Å². The van der Waals surface area contributed by atoms with Crippen LogP contribution in [0.4, 0.5) is 0 Å². The number of thiazole rings is 1. The Morgan fingerprint density at radius 3 is 2.95 bits per heavy atom. The molecule has 112 valence electrons. The van der Waals surface area contributed by atoms with Gasteiger partial charge in [0.2, 0.25) is 0 Å². The minimum Gasteiger partial charge on any atom is -0.394 e. The van der Waals surface area contributed by atoms with Gasteiger partial charge in [0, 0.05) is 23.5 Å². The largest absolute Gasteiger partial charge is 0.394 e. The second kappa shape index (κ2) is 6.66. The molecule has 0 saturated carbocycles. The summed E-state index contributed by atoms with van der Waals surface area (Å²) in [4.78, 5) is 7.06. The van der Waals surface area contributed by atoms with Gasteiger partial charge in [-0.15, -0.1) is 11.3 Å². The van der Waals surface area contributed by atoms with E-state index in [0.29, 0.717) is 12.6 Å². The average molecular weight is 304 g/mol. The number of morpholine rings is 1. The SMILES string of the molecule is CC1COC(CO)CN1Cc1nc(-c2ccccc2)cs1. The summed E-state index contributed by atoms with van der Waals surface area (Å²) in [5.74, 6) is 0. The van der Waals surface area contributed by atoms with Crippen LogP contribution in [0.1, 0.15) is 11.9 Å². The second-order valence-corrected chi connectivity index (χ2v) is 6.35. The van der Waals surface area contributed by atoms with Crippen LogP contribution in [0.15, 0.2) is 35.7 Å². The van der Waals surface area contributed by atoms with E-state index < -0.39 is 0 Å². The Morgan fingerprint density at radius 1 is 1.38 bits per heavy atom. The third kappa shape index (κ3) is 3.49. The number of ether oxygens (including phenoxy) is 1. The maximum atomic E-state index is 9.25. The fourth-order valence-electron chi connectivity index (χ4n) is 2.50. The van der Waals surface area contributed by atoms with Crippen molar-refractivity contribution in [3.8, 4) is 11.3 Å². The topological polar surface area (TPSA) is 45.6 Å². The molecule has 1 aromatic heterocycles. The summed E-state index contributed by atoms with van der Waals surface area (Å²) in [7, 11) is 0. The molecule has 4 nitrogen and oxygen atoms in total. The van der Waals surface area contributed by atoms with E-state index in [4.69, 9.17) is 9.72 Å². The average Bonchev–Trinajstić information content (AvgIpc) is 2.99. The van der Waals surface area contributed by atoms with Gasteiger partial charge in [0.15, 0.2) is 0 Å². The van der Waals surface area contributed by atoms with Crippen LogP contribution < -0.4 is 0 Å². The lowest BCUT2D eigenvalue weighted by Gasteiger charge is -2.36. The van der Waals surface area contributed by atoms with Crippen molar-refractivity contribution in [3.63, 3.8) is 0 Å². The summed E-state index contributed by atoms with van der Waals surface area (Å²) in [5.41, 5.74) is 2.19. The number of aliphatic hydroxyl groups is 1. The molecule has 0 spiro atoms. The molecule has 2 aromatic rings. The molecule has 0 radical (unpaired) electrons. The molecule has 1 aromatic carbocycles. The zero-order valence-corrected chi connectivity index (χ0v) is 12.9. The van der Waals surface area contributed by atoms with Crippen LogP contribution in [-0.2, 0) is 11.3 Å². The summed E-state index contributed by atoms with van der Waals surface area (Å²) in [6.45, 7) is 4.48. The molecule has 2 heterocycles. The highest BCUT2D eigenvalue weighted by molar-refractivity contribution is 7.09. The summed E-state index contributed by atoms with van der Waals surface area (Å²) in [6.07, 6.45) is -0.0743. The van der Waals surface area contributed by atoms with Crippen molar-refractivity contribution < 1.29 is 9.84 Å². The van der Waals surface area contributed by atoms with Crippen LogP contribution in [0.2, 0.25) is 0 Å². The molecule has 1 aliphatic heterocycles. The number of nitrogens with zero attached hydrogens (tertiary/aromatic N) is 2. The van der Waals surface area contributed by atoms with Gasteiger partial charge in [-0.3, -0.25) is 4.90 Å². The molecule has 1 saturated heterocycles. The number of aromatic nitrogens is 1. The van der Waals surface area contributed by atoms with Crippen molar-refractivity contribution >= 4 is 11.3 Å². The fraction of sp³-hybridized carbons (Fsp3) is 0.438. The molecule has 0 bridgehead atoms. The molecule has 21 heavy (non-hydrogen) atoms. The Morgan fingerprint density at radius 2 is 2.19 bits per heavy atom. The van der Waals surface area contributed by atoms with E-state index in [9.17, 15) is 5.11 Å². The molecular formula is C16H20N2O2S. The maximum absolute atomic E-state index is 9.25. The lowest BCUT2D eigenvalue weighted by atomic mass is 10.2. The first kappa shape index (κ1) is 14.7. The van der Waals surface area contributed by atoms with E-state index in [1.807, 2.05) is 18.2 Å². The normalized spacial score (nSPS) is 23.3. The minimum atomic E-state index is -0.0743. The quantitative estimate of drug-likeness (QED) is 0.942.